The molecule has 0 spiro atoms. The highest BCUT2D eigenvalue weighted by Crippen LogP contribution is 2.40. The van der Waals surface area contributed by atoms with Crippen molar-refractivity contribution in [2.45, 2.75) is 32.1 Å². The maximum atomic E-state index is 5.71. The van der Waals surface area contributed by atoms with Crippen molar-refractivity contribution in [1.82, 2.24) is 0 Å². The Morgan fingerprint density at radius 3 is 2.67 bits per heavy atom. The molecule has 0 saturated heterocycles. The summed E-state index contributed by atoms with van der Waals surface area (Å²) in [6.45, 7) is 1.25. The second-order valence-corrected chi connectivity index (χ2v) is 7.13. The zero-order chi connectivity index (χ0) is 14.7. The molecule has 2 nitrogen and oxygen atoms in total. The Kier molecular flexibility index (Phi) is 5.28. The summed E-state index contributed by atoms with van der Waals surface area (Å²) < 4.78 is 12.3. The highest BCUT2D eigenvalue weighted by molar-refractivity contribution is 9.10. The molecule has 0 radical (unpaired) electrons. The van der Waals surface area contributed by atoms with Crippen LogP contribution in [0.4, 0.5) is 0 Å². The van der Waals surface area contributed by atoms with Crippen LogP contribution < -0.4 is 9.47 Å². The smallest absolute Gasteiger partial charge is 0.175 e. The maximum absolute atomic E-state index is 5.71. The number of allylic oxidation sites excluding steroid dienone is 1. The van der Waals surface area contributed by atoms with E-state index in [-0.39, 0.29) is 0 Å². The average Bonchev–Trinajstić information content (AvgIpc) is 2.53. The van der Waals surface area contributed by atoms with E-state index in [1.807, 2.05) is 0 Å². The van der Waals surface area contributed by atoms with Crippen LogP contribution in [0.5, 0.6) is 11.5 Å². The van der Waals surface area contributed by atoms with Gasteiger partial charge < -0.3 is 9.47 Å². The van der Waals surface area contributed by atoms with Gasteiger partial charge in [0, 0.05) is 5.33 Å². The summed E-state index contributed by atoms with van der Waals surface area (Å²) in [4.78, 5) is 0. The molecule has 1 saturated carbocycles. The summed E-state index contributed by atoms with van der Waals surface area (Å²) in [5.41, 5.74) is 2.68. The molecule has 4 heteroatoms. The largest absolute Gasteiger partial charge is 0.486 e. The Morgan fingerprint density at radius 2 is 1.90 bits per heavy atom. The lowest BCUT2D eigenvalue weighted by Gasteiger charge is -2.24. The van der Waals surface area contributed by atoms with E-state index in [1.165, 1.54) is 43.2 Å². The van der Waals surface area contributed by atoms with E-state index in [4.69, 9.17) is 9.47 Å². The summed E-state index contributed by atoms with van der Waals surface area (Å²) in [5.74, 6) is 2.40. The Labute approximate surface area is 143 Å². The number of hydrogen-bond donors (Lipinski definition) is 0. The molecule has 0 N–H and O–H groups in total. The topological polar surface area (TPSA) is 18.5 Å². The summed E-state index contributed by atoms with van der Waals surface area (Å²) >= 11 is 7.26. The molecular weight excluding hydrogens is 396 g/mol. The highest BCUT2D eigenvalue weighted by atomic mass is 79.9. The summed E-state index contributed by atoms with van der Waals surface area (Å²) in [7, 11) is 0. The lowest BCUT2D eigenvalue weighted by molar-refractivity contribution is 0.170. The predicted molar refractivity (Wildman–Crippen MR) is 93.5 cm³/mol. The minimum atomic E-state index is 0.621. The van der Waals surface area contributed by atoms with E-state index in [0.717, 1.165) is 27.2 Å². The number of halogens is 2. The predicted octanol–water partition coefficient (Wildman–Crippen LogP) is 5.58. The van der Waals surface area contributed by atoms with Crippen LogP contribution in [0.1, 0.15) is 37.7 Å². The lowest BCUT2D eigenvalue weighted by atomic mass is 9.84. The van der Waals surface area contributed by atoms with Crippen LogP contribution in [0.15, 0.2) is 22.2 Å². The Balaban J connectivity index is 1.88. The third-order valence-corrected chi connectivity index (χ3v) is 5.49. The van der Waals surface area contributed by atoms with Gasteiger partial charge in [-0.3, -0.25) is 0 Å². The number of hydrogen-bond acceptors (Lipinski definition) is 2. The minimum absolute atomic E-state index is 0.621. The fraction of sp³-hybridized carbons (Fsp3) is 0.529. The molecule has 1 aliphatic heterocycles. The molecule has 114 valence electrons. The third kappa shape index (κ3) is 3.65. The SMILES string of the molecule is BrC/C(=C/c1cc(Br)c2c(c1)OCCO2)C1CCCCC1. The fourth-order valence-corrected chi connectivity index (χ4v) is 4.36. The van der Waals surface area contributed by atoms with Gasteiger partial charge in [0.1, 0.15) is 13.2 Å². The average molecular weight is 416 g/mol. The van der Waals surface area contributed by atoms with Gasteiger partial charge in [-0.2, -0.15) is 0 Å². The van der Waals surface area contributed by atoms with Gasteiger partial charge in [-0.15, -0.1) is 0 Å². The molecule has 1 heterocycles. The molecule has 3 rings (SSSR count). The van der Waals surface area contributed by atoms with E-state index in [2.05, 4.69) is 50.1 Å². The standard InChI is InChI=1S/C17H20Br2O2/c18-11-14(13-4-2-1-3-5-13)8-12-9-15(19)17-16(10-12)20-6-7-21-17/h8-10,13H,1-7,11H2/b14-8-. The molecule has 0 atom stereocenters. The van der Waals surface area contributed by atoms with Crippen LogP contribution in [0, 0.1) is 5.92 Å². The lowest BCUT2D eigenvalue weighted by Crippen LogP contribution is -2.15. The fourth-order valence-electron chi connectivity index (χ4n) is 3.17. The number of ether oxygens (including phenoxy) is 2. The first-order valence-corrected chi connectivity index (χ1v) is 9.55. The third-order valence-electron chi connectivity index (χ3n) is 4.26. The van der Waals surface area contributed by atoms with E-state index in [0.29, 0.717) is 13.2 Å². The quantitative estimate of drug-likeness (QED) is 0.600. The van der Waals surface area contributed by atoms with Crippen LogP contribution in [0.2, 0.25) is 0 Å². The van der Waals surface area contributed by atoms with Gasteiger partial charge in [-0.05, 0) is 52.4 Å². The molecule has 0 bridgehead atoms. The molecule has 0 amide bonds. The van der Waals surface area contributed by atoms with Crippen LogP contribution in [-0.2, 0) is 0 Å². The van der Waals surface area contributed by atoms with Crippen LogP contribution >= 0.6 is 31.9 Å². The molecule has 1 fully saturated rings. The van der Waals surface area contributed by atoms with E-state index in [1.54, 1.807) is 0 Å². The monoisotopic (exact) mass is 414 g/mol. The van der Waals surface area contributed by atoms with Crippen molar-refractivity contribution in [3.05, 3.63) is 27.7 Å². The molecule has 1 aromatic carbocycles. The van der Waals surface area contributed by atoms with E-state index in [9.17, 15) is 0 Å². The number of fused-ring (bicyclic) bond motifs is 1. The maximum Gasteiger partial charge on any atom is 0.175 e. The van der Waals surface area contributed by atoms with Gasteiger partial charge in [-0.25, -0.2) is 0 Å². The second kappa shape index (κ2) is 7.19. The molecule has 0 aromatic heterocycles. The number of alkyl halides is 1. The van der Waals surface area contributed by atoms with Crippen molar-refractivity contribution in [1.29, 1.82) is 0 Å². The number of benzene rings is 1. The molecule has 2 aliphatic rings. The van der Waals surface area contributed by atoms with Gasteiger partial charge in [0.15, 0.2) is 11.5 Å². The normalized spacial score (nSPS) is 19.6. The summed E-state index contributed by atoms with van der Waals surface area (Å²) in [6.07, 6.45) is 9.07. The van der Waals surface area contributed by atoms with E-state index >= 15 is 0 Å². The Morgan fingerprint density at radius 1 is 1.14 bits per heavy atom. The zero-order valence-corrected chi connectivity index (χ0v) is 15.2. The first-order chi connectivity index (χ1) is 10.3. The van der Waals surface area contributed by atoms with Crippen molar-refractivity contribution in [2.75, 3.05) is 18.5 Å². The van der Waals surface area contributed by atoms with Crippen molar-refractivity contribution < 1.29 is 9.47 Å². The molecular formula is C17H20Br2O2. The Bertz CT molecular complexity index is 534. The van der Waals surface area contributed by atoms with Gasteiger partial charge in [-0.1, -0.05) is 46.8 Å². The molecule has 0 unspecified atom stereocenters. The zero-order valence-electron chi connectivity index (χ0n) is 12.0. The first kappa shape index (κ1) is 15.4. The van der Waals surface area contributed by atoms with Crippen LogP contribution in [-0.4, -0.2) is 18.5 Å². The van der Waals surface area contributed by atoms with Crippen molar-refractivity contribution in [3.63, 3.8) is 0 Å². The summed E-state index contributed by atoms with van der Waals surface area (Å²) in [6, 6.07) is 4.21. The molecule has 1 aromatic rings. The van der Waals surface area contributed by atoms with E-state index < -0.39 is 0 Å². The van der Waals surface area contributed by atoms with Crippen molar-refractivity contribution >= 4 is 37.9 Å². The minimum Gasteiger partial charge on any atom is -0.486 e. The first-order valence-electron chi connectivity index (χ1n) is 7.63. The van der Waals surface area contributed by atoms with Gasteiger partial charge in [0.25, 0.3) is 0 Å². The van der Waals surface area contributed by atoms with Crippen LogP contribution in [0.3, 0.4) is 0 Å². The molecule has 1 aliphatic carbocycles. The van der Waals surface area contributed by atoms with Gasteiger partial charge in [0.05, 0.1) is 4.47 Å². The van der Waals surface area contributed by atoms with Gasteiger partial charge >= 0.3 is 0 Å². The summed E-state index contributed by atoms with van der Waals surface area (Å²) in [5, 5.41) is 0.948. The van der Waals surface area contributed by atoms with Crippen molar-refractivity contribution in [2.24, 2.45) is 5.92 Å². The Hall–Kier alpha value is -0.480. The van der Waals surface area contributed by atoms with Gasteiger partial charge in [0.2, 0.25) is 0 Å². The highest BCUT2D eigenvalue weighted by Gasteiger charge is 2.19. The number of rotatable bonds is 3. The molecule has 21 heavy (non-hydrogen) atoms. The second-order valence-electron chi connectivity index (χ2n) is 5.71. The van der Waals surface area contributed by atoms with Crippen LogP contribution in [0.25, 0.3) is 6.08 Å². The van der Waals surface area contributed by atoms with Crippen molar-refractivity contribution in [3.8, 4) is 11.5 Å².